The number of pyridine rings is 1. The van der Waals surface area contributed by atoms with E-state index < -0.39 is 11.9 Å². The number of aliphatic carboxylic acids is 1. The average Bonchev–Trinajstić information content (AvgIpc) is 2.27. The van der Waals surface area contributed by atoms with E-state index in [9.17, 15) is 9.59 Å². The molecule has 2 heterocycles. The highest BCUT2D eigenvalue weighted by Gasteiger charge is 2.35. The van der Waals surface area contributed by atoms with E-state index in [1.165, 1.54) is 4.90 Å². The number of carboxylic acid groups (broad SMARTS) is 1. The lowest BCUT2D eigenvalue weighted by Crippen LogP contribution is -2.56. The van der Waals surface area contributed by atoms with Crippen molar-refractivity contribution in [2.45, 2.75) is 13.0 Å². The van der Waals surface area contributed by atoms with Gasteiger partial charge in [0.1, 0.15) is 0 Å². The molecule has 1 fully saturated rings. The molecule has 0 bridgehead atoms. The van der Waals surface area contributed by atoms with Gasteiger partial charge in [-0.25, -0.2) is 4.79 Å². The highest BCUT2D eigenvalue weighted by Crippen LogP contribution is 2.17. The predicted molar refractivity (Wildman–Crippen MR) is 63.9 cm³/mol. The third-order valence-electron chi connectivity index (χ3n) is 3.04. The summed E-state index contributed by atoms with van der Waals surface area (Å²) in [5.74, 6) is -1.27. The molecule has 0 aromatic carbocycles. The minimum Gasteiger partial charge on any atom is -0.481 e. The van der Waals surface area contributed by atoms with Crippen LogP contribution in [0.1, 0.15) is 18.5 Å². The molecule has 1 unspecified atom stereocenters. The number of nitrogens with one attached hydrogen (secondary N) is 1. The first-order chi connectivity index (χ1) is 8.58. The summed E-state index contributed by atoms with van der Waals surface area (Å²) < 4.78 is 0. The Balaban J connectivity index is 1.84. The van der Waals surface area contributed by atoms with E-state index >= 15 is 0 Å². The van der Waals surface area contributed by atoms with E-state index in [1.807, 2.05) is 19.1 Å². The lowest BCUT2D eigenvalue weighted by Gasteiger charge is -2.37. The topological polar surface area (TPSA) is 82.5 Å². The summed E-state index contributed by atoms with van der Waals surface area (Å²) in [6.45, 7) is 2.42. The van der Waals surface area contributed by atoms with Crippen LogP contribution in [0.5, 0.6) is 0 Å². The molecular weight excluding hydrogens is 234 g/mol. The van der Waals surface area contributed by atoms with E-state index in [1.54, 1.807) is 12.4 Å². The summed E-state index contributed by atoms with van der Waals surface area (Å²) in [5, 5.41) is 11.5. The fraction of sp³-hybridized carbons (Fsp3) is 0.417. The van der Waals surface area contributed by atoms with Crippen LogP contribution in [-0.2, 0) is 4.79 Å². The van der Waals surface area contributed by atoms with Crippen molar-refractivity contribution in [1.82, 2.24) is 15.2 Å². The molecule has 96 valence electrons. The Hall–Kier alpha value is -2.11. The maximum Gasteiger partial charge on any atom is 0.317 e. The lowest BCUT2D eigenvalue weighted by molar-refractivity contribution is -0.146. The zero-order valence-electron chi connectivity index (χ0n) is 10.0. The largest absolute Gasteiger partial charge is 0.481 e. The third-order valence-corrected chi connectivity index (χ3v) is 3.04. The molecule has 0 spiro atoms. The molecule has 6 heteroatoms. The second-order valence-electron chi connectivity index (χ2n) is 4.40. The molecule has 1 saturated heterocycles. The molecule has 2 amide bonds. The van der Waals surface area contributed by atoms with Gasteiger partial charge in [-0.15, -0.1) is 0 Å². The molecule has 1 aromatic heterocycles. The molecule has 1 aliphatic heterocycles. The van der Waals surface area contributed by atoms with Crippen LogP contribution in [0, 0.1) is 5.92 Å². The number of hydrogen-bond acceptors (Lipinski definition) is 3. The van der Waals surface area contributed by atoms with E-state index in [0.29, 0.717) is 0 Å². The minimum absolute atomic E-state index is 0.143. The normalized spacial score (nSPS) is 16.8. The molecule has 18 heavy (non-hydrogen) atoms. The van der Waals surface area contributed by atoms with Crippen molar-refractivity contribution < 1.29 is 14.7 Å². The molecule has 2 N–H and O–H groups in total. The molecule has 1 aromatic rings. The van der Waals surface area contributed by atoms with Crippen LogP contribution in [0.2, 0.25) is 0 Å². The number of carbonyl (C=O) groups is 2. The summed E-state index contributed by atoms with van der Waals surface area (Å²) in [6.07, 6.45) is 3.37. The Morgan fingerprint density at radius 1 is 1.56 bits per heavy atom. The Morgan fingerprint density at radius 3 is 2.83 bits per heavy atom. The van der Waals surface area contributed by atoms with Gasteiger partial charge < -0.3 is 15.3 Å². The van der Waals surface area contributed by atoms with E-state index in [-0.39, 0.29) is 25.2 Å². The molecule has 1 atom stereocenters. The molecular formula is C12H15N3O3. The summed E-state index contributed by atoms with van der Waals surface area (Å²) in [7, 11) is 0. The van der Waals surface area contributed by atoms with Crippen LogP contribution >= 0.6 is 0 Å². The smallest absolute Gasteiger partial charge is 0.317 e. The zero-order valence-corrected chi connectivity index (χ0v) is 10.0. The van der Waals surface area contributed by atoms with Gasteiger partial charge >= 0.3 is 12.0 Å². The minimum atomic E-state index is -0.848. The number of hydrogen-bond donors (Lipinski definition) is 2. The van der Waals surface area contributed by atoms with Crippen molar-refractivity contribution in [2.75, 3.05) is 13.1 Å². The fourth-order valence-electron chi connectivity index (χ4n) is 1.79. The van der Waals surface area contributed by atoms with E-state index in [0.717, 1.165) is 5.56 Å². The van der Waals surface area contributed by atoms with Crippen LogP contribution in [0.3, 0.4) is 0 Å². The molecule has 2 rings (SSSR count). The van der Waals surface area contributed by atoms with Gasteiger partial charge in [0.15, 0.2) is 0 Å². The van der Waals surface area contributed by atoms with Crippen molar-refractivity contribution >= 4 is 12.0 Å². The molecule has 0 aliphatic carbocycles. The van der Waals surface area contributed by atoms with E-state index in [4.69, 9.17) is 5.11 Å². The van der Waals surface area contributed by atoms with Gasteiger partial charge in [-0.2, -0.15) is 0 Å². The van der Waals surface area contributed by atoms with Gasteiger partial charge in [-0.05, 0) is 18.6 Å². The first-order valence-electron chi connectivity index (χ1n) is 5.76. The third kappa shape index (κ3) is 2.58. The SMILES string of the molecule is CC(NC(=O)N1CC(C(=O)O)C1)c1cccnc1. The molecule has 1 aliphatic rings. The second-order valence-corrected chi connectivity index (χ2v) is 4.40. The summed E-state index contributed by atoms with van der Waals surface area (Å²) in [5.41, 5.74) is 0.918. The number of amides is 2. The quantitative estimate of drug-likeness (QED) is 0.832. The van der Waals surface area contributed by atoms with Gasteiger partial charge in [-0.3, -0.25) is 9.78 Å². The Bertz CT molecular complexity index is 443. The maximum absolute atomic E-state index is 11.8. The molecule has 0 radical (unpaired) electrons. The van der Waals surface area contributed by atoms with Crippen molar-refractivity contribution in [3.05, 3.63) is 30.1 Å². The fourth-order valence-corrected chi connectivity index (χ4v) is 1.79. The average molecular weight is 249 g/mol. The lowest BCUT2D eigenvalue weighted by atomic mass is 10.0. The van der Waals surface area contributed by atoms with Crippen LogP contribution in [0.4, 0.5) is 4.79 Å². The van der Waals surface area contributed by atoms with Gasteiger partial charge in [0.25, 0.3) is 0 Å². The zero-order chi connectivity index (χ0) is 13.1. The number of aromatic nitrogens is 1. The molecule has 0 saturated carbocycles. The summed E-state index contributed by atoms with van der Waals surface area (Å²) >= 11 is 0. The highest BCUT2D eigenvalue weighted by atomic mass is 16.4. The predicted octanol–water partition coefficient (Wildman–Crippen LogP) is 0.869. The first-order valence-corrected chi connectivity index (χ1v) is 5.76. The van der Waals surface area contributed by atoms with Crippen LogP contribution in [0.15, 0.2) is 24.5 Å². The Morgan fingerprint density at radius 2 is 2.28 bits per heavy atom. The van der Waals surface area contributed by atoms with Crippen LogP contribution in [-0.4, -0.2) is 40.1 Å². The standard InChI is InChI=1S/C12H15N3O3/c1-8(9-3-2-4-13-5-9)14-12(18)15-6-10(7-15)11(16)17/h2-5,8,10H,6-7H2,1H3,(H,14,18)(H,16,17). The van der Waals surface area contributed by atoms with Crippen molar-refractivity contribution in [3.8, 4) is 0 Å². The van der Waals surface area contributed by atoms with Crippen LogP contribution in [0.25, 0.3) is 0 Å². The molecule has 6 nitrogen and oxygen atoms in total. The van der Waals surface area contributed by atoms with Crippen molar-refractivity contribution in [3.63, 3.8) is 0 Å². The van der Waals surface area contributed by atoms with Gasteiger partial charge in [0.05, 0.1) is 12.0 Å². The number of carbonyl (C=O) groups excluding carboxylic acids is 1. The number of likely N-dealkylation sites (tertiary alicyclic amines) is 1. The number of nitrogens with zero attached hydrogens (tertiary/aromatic N) is 2. The summed E-state index contributed by atoms with van der Waals surface area (Å²) in [4.78, 5) is 27.9. The van der Waals surface area contributed by atoms with Crippen molar-refractivity contribution in [2.24, 2.45) is 5.92 Å². The maximum atomic E-state index is 11.8. The monoisotopic (exact) mass is 249 g/mol. The Labute approximate surface area is 105 Å². The van der Waals surface area contributed by atoms with Crippen LogP contribution < -0.4 is 5.32 Å². The number of rotatable bonds is 3. The Kier molecular flexibility index (Phi) is 3.45. The highest BCUT2D eigenvalue weighted by molar-refractivity contribution is 5.80. The summed E-state index contributed by atoms with van der Waals surface area (Å²) in [6, 6.07) is 3.31. The van der Waals surface area contributed by atoms with E-state index in [2.05, 4.69) is 10.3 Å². The second kappa shape index (κ2) is 5.03. The van der Waals surface area contributed by atoms with Gasteiger partial charge in [0, 0.05) is 25.5 Å². The number of carboxylic acids is 1. The first kappa shape index (κ1) is 12.3. The van der Waals surface area contributed by atoms with Crippen molar-refractivity contribution in [1.29, 1.82) is 0 Å². The number of urea groups is 1. The van der Waals surface area contributed by atoms with Gasteiger partial charge in [-0.1, -0.05) is 6.07 Å². The van der Waals surface area contributed by atoms with Gasteiger partial charge in [0.2, 0.25) is 0 Å².